The SMILES string of the molecule is CCNC(c1ccc(OC(C)C)cc1)c1ccc(C)o1. The molecule has 3 nitrogen and oxygen atoms in total. The summed E-state index contributed by atoms with van der Waals surface area (Å²) in [6.07, 6.45) is 0.193. The molecule has 0 aliphatic carbocycles. The normalized spacial score (nSPS) is 12.7. The Bertz CT molecular complexity index is 528. The zero-order valence-electron chi connectivity index (χ0n) is 12.6. The lowest BCUT2D eigenvalue weighted by Gasteiger charge is -2.17. The minimum absolute atomic E-state index is 0.0850. The molecule has 2 rings (SSSR count). The van der Waals surface area contributed by atoms with E-state index in [1.54, 1.807) is 0 Å². The first-order chi connectivity index (χ1) is 9.60. The van der Waals surface area contributed by atoms with Gasteiger partial charge in [-0.2, -0.15) is 0 Å². The van der Waals surface area contributed by atoms with Gasteiger partial charge in [0.2, 0.25) is 0 Å². The molecule has 0 amide bonds. The van der Waals surface area contributed by atoms with Gasteiger partial charge < -0.3 is 14.5 Å². The number of hydrogen-bond donors (Lipinski definition) is 1. The summed E-state index contributed by atoms with van der Waals surface area (Å²) in [5.74, 6) is 2.78. The fourth-order valence-corrected chi connectivity index (χ4v) is 2.21. The first-order valence-corrected chi connectivity index (χ1v) is 7.16. The topological polar surface area (TPSA) is 34.4 Å². The van der Waals surface area contributed by atoms with E-state index >= 15 is 0 Å². The van der Waals surface area contributed by atoms with Gasteiger partial charge in [0.15, 0.2) is 0 Å². The highest BCUT2D eigenvalue weighted by Crippen LogP contribution is 2.25. The Morgan fingerprint density at radius 1 is 1.10 bits per heavy atom. The van der Waals surface area contributed by atoms with Crippen LogP contribution >= 0.6 is 0 Å². The van der Waals surface area contributed by atoms with Crippen molar-refractivity contribution < 1.29 is 9.15 Å². The number of nitrogens with one attached hydrogen (secondary N) is 1. The Morgan fingerprint density at radius 3 is 2.30 bits per heavy atom. The zero-order valence-corrected chi connectivity index (χ0v) is 12.6. The fourth-order valence-electron chi connectivity index (χ4n) is 2.21. The third-order valence-electron chi connectivity index (χ3n) is 3.04. The maximum absolute atomic E-state index is 5.75. The summed E-state index contributed by atoms with van der Waals surface area (Å²) >= 11 is 0. The van der Waals surface area contributed by atoms with Crippen LogP contribution in [0.3, 0.4) is 0 Å². The largest absolute Gasteiger partial charge is 0.491 e. The van der Waals surface area contributed by atoms with Crippen LogP contribution in [0.25, 0.3) is 0 Å². The molecule has 0 bridgehead atoms. The maximum atomic E-state index is 5.75. The first kappa shape index (κ1) is 14.7. The van der Waals surface area contributed by atoms with Crippen molar-refractivity contribution in [3.05, 3.63) is 53.5 Å². The Kier molecular flexibility index (Phi) is 4.85. The summed E-state index contributed by atoms with van der Waals surface area (Å²) in [5, 5.41) is 3.45. The molecular weight excluding hydrogens is 250 g/mol. The van der Waals surface area contributed by atoms with Gasteiger partial charge in [-0.05, 0) is 57.1 Å². The van der Waals surface area contributed by atoms with E-state index in [1.165, 1.54) is 5.56 Å². The lowest BCUT2D eigenvalue weighted by Crippen LogP contribution is -2.21. The molecule has 2 aromatic rings. The third-order valence-corrected chi connectivity index (χ3v) is 3.04. The number of aryl methyl sites for hydroxylation is 1. The monoisotopic (exact) mass is 273 g/mol. The van der Waals surface area contributed by atoms with Crippen LogP contribution in [0.4, 0.5) is 0 Å². The van der Waals surface area contributed by atoms with Crippen molar-refractivity contribution >= 4 is 0 Å². The van der Waals surface area contributed by atoms with Crippen LogP contribution in [-0.2, 0) is 0 Å². The number of furan rings is 1. The van der Waals surface area contributed by atoms with Crippen molar-refractivity contribution in [3.8, 4) is 5.75 Å². The van der Waals surface area contributed by atoms with Crippen molar-refractivity contribution in [2.45, 2.75) is 39.8 Å². The van der Waals surface area contributed by atoms with E-state index in [2.05, 4.69) is 24.4 Å². The molecule has 1 aromatic carbocycles. The Balaban J connectivity index is 2.21. The summed E-state index contributed by atoms with van der Waals surface area (Å²) < 4.78 is 11.4. The fraction of sp³-hybridized carbons (Fsp3) is 0.412. The first-order valence-electron chi connectivity index (χ1n) is 7.16. The van der Waals surface area contributed by atoms with Crippen molar-refractivity contribution in [2.24, 2.45) is 0 Å². The van der Waals surface area contributed by atoms with Crippen molar-refractivity contribution in [2.75, 3.05) is 6.54 Å². The summed E-state index contributed by atoms with van der Waals surface area (Å²) in [7, 11) is 0. The van der Waals surface area contributed by atoms with E-state index in [4.69, 9.17) is 9.15 Å². The van der Waals surface area contributed by atoms with Crippen LogP contribution in [0.2, 0.25) is 0 Å². The lowest BCUT2D eigenvalue weighted by molar-refractivity contribution is 0.242. The molecule has 0 aliphatic rings. The van der Waals surface area contributed by atoms with Crippen LogP contribution in [0, 0.1) is 6.92 Å². The summed E-state index contributed by atoms with van der Waals surface area (Å²) in [6, 6.07) is 12.3. The molecule has 1 unspecified atom stereocenters. The van der Waals surface area contributed by atoms with E-state index in [0.29, 0.717) is 0 Å². The number of hydrogen-bond acceptors (Lipinski definition) is 3. The van der Waals surface area contributed by atoms with Gasteiger partial charge >= 0.3 is 0 Å². The van der Waals surface area contributed by atoms with E-state index < -0.39 is 0 Å². The molecule has 0 fully saturated rings. The molecule has 1 atom stereocenters. The van der Waals surface area contributed by atoms with Gasteiger partial charge in [-0.15, -0.1) is 0 Å². The second kappa shape index (κ2) is 6.62. The predicted molar refractivity (Wildman–Crippen MR) is 81.2 cm³/mol. The van der Waals surface area contributed by atoms with E-state index in [9.17, 15) is 0 Å². The van der Waals surface area contributed by atoms with Crippen molar-refractivity contribution in [3.63, 3.8) is 0 Å². The van der Waals surface area contributed by atoms with Crippen molar-refractivity contribution in [1.29, 1.82) is 0 Å². The van der Waals surface area contributed by atoms with E-state index in [1.807, 2.05) is 45.0 Å². The molecule has 0 saturated carbocycles. The molecule has 1 heterocycles. The summed E-state index contributed by atoms with van der Waals surface area (Å²) in [6.45, 7) is 9.00. The highest BCUT2D eigenvalue weighted by atomic mass is 16.5. The van der Waals surface area contributed by atoms with Crippen LogP contribution in [0.15, 0.2) is 40.8 Å². The minimum atomic E-state index is 0.0850. The van der Waals surface area contributed by atoms with Crippen LogP contribution in [-0.4, -0.2) is 12.6 Å². The molecule has 108 valence electrons. The maximum Gasteiger partial charge on any atom is 0.125 e. The molecule has 1 aromatic heterocycles. The van der Waals surface area contributed by atoms with Gasteiger partial charge in [0.05, 0.1) is 12.1 Å². The Hall–Kier alpha value is -1.74. The number of rotatable bonds is 6. The summed E-state index contributed by atoms with van der Waals surface area (Å²) in [5.41, 5.74) is 1.18. The van der Waals surface area contributed by atoms with Gasteiger partial charge in [-0.25, -0.2) is 0 Å². The van der Waals surface area contributed by atoms with Gasteiger partial charge in [0, 0.05) is 0 Å². The second-order valence-electron chi connectivity index (χ2n) is 5.17. The van der Waals surface area contributed by atoms with E-state index in [0.717, 1.165) is 23.8 Å². The second-order valence-corrected chi connectivity index (χ2v) is 5.17. The number of benzene rings is 1. The molecule has 3 heteroatoms. The highest BCUT2D eigenvalue weighted by molar-refractivity contribution is 5.33. The quantitative estimate of drug-likeness (QED) is 0.861. The number of ether oxygens (including phenoxy) is 1. The smallest absolute Gasteiger partial charge is 0.125 e. The standard InChI is InChI=1S/C17H23NO2/c1-5-18-17(16-11-6-13(4)20-16)14-7-9-15(10-8-14)19-12(2)3/h6-12,17-18H,5H2,1-4H3. The van der Waals surface area contributed by atoms with Crippen LogP contribution in [0.5, 0.6) is 5.75 Å². The average molecular weight is 273 g/mol. The van der Waals surface area contributed by atoms with Gasteiger partial charge in [0.1, 0.15) is 17.3 Å². The van der Waals surface area contributed by atoms with Gasteiger partial charge in [0.25, 0.3) is 0 Å². The molecular formula is C17H23NO2. The molecule has 1 N–H and O–H groups in total. The molecule has 20 heavy (non-hydrogen) atoms. The lowest BCUT2D eigenvalue weighted by atomic mass is 10.0. The van der Waals surface area contributed by atoms with Crippen LogP contribution < -0.4 is 10.1 Å². The van der Waals surface area contributed by atoms with Gasteiger partial charge in [-0.3, -0.25) is 0 Å². The molecule has 0 saturated heterocycles. The Morgan fingerprint density at radius 2 is 1.80 bits per heavy atom. The van der Waals surface area contributed by atoms with Crippen LogP contribution in [0.1, 0.15) is 43.9 Å². The summed E-state index contributed by atoms with van der Waals surface area (Å²) in [4.78, 5) is 0. The molecule has 0 radical (unpaired) electrons. The third kappa shape index (κ3) is 3.64. The predicted octanol–water partition coefficient (Wildman–Crippen LogP) is 4.07. The van der Waals surface area contributed by atoms with Crippen molar-refractivity contribution in [1.82, 2.24) is 5.32 Å². The Labute approximate surface area is 121 Å². The molecule has 0 spiro atoms. The van der Waals surface area contributed by atoms with Gasteiger partial charge in [-0.1, -0.05) is 19.1 Å². The zero-order chi connectivity index (χ0) is 14.5. The minimum Gasteiger partial charge on any atom is -0.491 e. The van der Waals surface area contributed by atoms with E-state index in [-0.39, 0.29) is 12.1 Å². The highest BCUT2D eigenvalue weighted by Gasteiger charge is 2.16. The average Bonchev–Trinajstić information content (AvgIpc) is 2.83. The molecule has 0 aliphatic heterocycles.